The highest BCUT2D eigenvalue weighted by atomic mass is 32.2. The summed E-state index contributed by atoms with van der Waals surface area (Å²) in [4.78, 5) is 0.302. The van der Waals surface area contributed by atoms with E-state index in [1.165, 1.54) is 0 Å². The molecular formula is C14H22N2O2S. The molecule has 0 radical (unpaired) electrons. The number of benzene rings is 1. The Labute approximate surface area is 115 Å². The van der Waals surface area contributed by atoms with Crippen LogP contribution in [0.5, 0.6) is 0 Å². The largest absolute Gasteiger partial charge is 0.398 e. The summed E-state index contributed by atoms with van der Waals surface area (Å²) >= 11 is 0. The Bertz CT molecular complexity index is 590. The lowest BCUT2D eigenvalue weighted by molar-refractivity contribution is 0.581. The lowest BCUT2D eigenvalue weighted by atomic mass is 10.1. The topological polar surface area (TPSA) is 72.2 Å². The van der Waals surface area contributed by atoms with Crippen molar-refractivity contribution >= 4 is 15.7 Å². The number of aryl methyl sites for hydroxylation is 2. The van der Waals surface area contributed by atoms with Gasteiger partial charge in [0.15, 0.2) is 0 Å². The van der Waals surface area contributed by atoms with Crippen molar-refractivity contribution in [2.45, 2.75) is 39.0 Å². The minimum absolute atomic E-state index is 0.302. The molecule has 0 bridgehead atoms. The molecule has 1 rings (SSSR count). The second-order valence-corrected chi connectivity index (χ2v) is 6.34. The van der Waals surface area contributed by atoms with Gasteiger partial charge in [0.25, 0.3) is 0 Å². The van der Waals surface area contributed by atoms with Crippen LogP contribution >= 0.6 is 0 Å². The molecule has 0 saturated heterocycles. The van der Waals surface area contributed by atoms with Gasteiger partial charge in [-0.15, -0.1) is 0 Å². The molecule has 1 aromatic rings. The molecule has 5 heteroatoms. The maximum atomic E-state index is 12.3. The monoisotopic (exact) mass is 282 g/mol. The van der Waals surface area contributed by atoms with E-state index in [1.54, 1.807) is 13.8 Å². The third-order valence-electron chi connectivity index (χ3n) is 3.07. The summed E-state index contributed by atoms with van der Waals surface area (Å²) in [6.45, 7) is 7.71. The Morgan fingerprint density at radius 2 is 1.89 bits per heavy atom. The number of nitrogen functional groups attached to an aromatic ring is 1. The van der Waals surface area contributed by atoms with Gasteiger partial charge in [-0.3, -0.25) is 0 Å². The first-order valence-electron chi connectivity index (χ1n) is 6.28. The zero-order valence-electron chi connectivity index (χ0n) is 11.9. The summed E-state index contributed by atoms with van der Waals surface area (Å²) < 4.78 is 27.2. The summed E-state index contributed by atoms with van der Waals surface area (Å²) in [5, 5.41) is 0. The highest BCUT2D eigenvalue weighted by Crippen LogP contribution is 2.27. The number of hydrogen-bond acceptors (Lipinski definition) is 3. The fourth-order valence-electron chi connectivity index (χ4n) is 2.11. The Hall–Kier alpha value is -1.33. The number of hydrogen-bond donors (Lipinski definition) is 2. The van der Waals surface area contributed by atoms with Gasteiger partial charge in [0, 0.05) is 12.2 Å². The van der Waals surface area contributed by atoms with Crippen LogP contribution in [0.2, 0.25) is 0 Å². The highest BCUT2D eigenvalue weighted by molar-refractivity contribution is 7.89. The van der Waals surface area contributed by atoms with Gasteiger partial charge in [-0.1, -0.05) is 18.2 Å². The predicted octanol–water partition coefficient (Wildman–Crippen LogP) is 2.44. The van der Waals surface area contributed by atoms with Gasteiger partial charge in [-0.25, -0.2) is 13.1 Å². The lowest BCUT2D eigenvalue weighted by Crippen LogP contribution is -2.26. The maximum Gasteiger partial charge on any atom is 0.241 e. The maximum absolute atomic E-state index is 12.3. The van der Waals surface area contributed by atoms with Gasteiger partial charge in [0.1, 0.15) is 0 Å². The first-order chi connectivity index (χ1) is 8.81. The first-order valence-corrected chi connectivity index (χ1v) is 7.76. The molecule has 0 amide bonds. The van der Waals surface area contributed by atoms with Gasteiger partial charge < -0.3 is 5.73 Å². The Morgan fingerprint density at radius 1 is 1.26 bits per heavy atom. The van der Waals surface area contributed by atoms with E-state index in [9.17, 15) is 8.42 Å². The second-order valence-electron chi connectivity index (χ2n) is 4.63. The quantitative estimate of drug-likeness (QED) is 0.495. The average Bonchev–Trinajstić information content (AvgIpc) is 2.31. The molecule has 0 fully saturated rings. The molecule has 0 unspecified atom stereocenters. The van der Waals surface area contributed by atoms with E-state index in [1.807, 2.05) is 32.1 Å². The van der Waals surface area contributed by atoms with Gasteiger partial charge in [-0.05, 0) is 50.8 Å². The standard InChI is InChI=1S/C14H22N2O2S/c1-5-6-7-8-16-19(17,18)14-11(3)9-10(2)13(15)12(14)4/h5-6,9,16H,7-8,15H2,1-4H3/b6-5+. The zero-order chi connectivity index (χ0) is 14.6. The van der Waals surface area contributed by atoms with Crippen LogP contribution in [0.3, 0.4) is 0 Å². The van der Waals surface area contributed by atoms with Gasteiger partial charge >= 0.3 is 0 Å². The summed E-state index contributed by atoms with van der Waals surface area (Å²) in [7, 11) is -3.51. The molecule has 3 N–H and O–H groups in total. The van der Waals surface area contributed by atoms with Gasteiger partial charge in [-0.2, -0.15) is 0 Å². The summed E-state index contributed by atoms with van der Waals surface area (Å²) in [5.74, 6) is 0. The first kappa shape index (κ1) is 15.7. The van der Waals surface area contributed by atoms with E-state index in [2.05, 4.69) is 4.72 Å². The summed E-state index contributed by atoms with van der Waals surface area (Å²) in [6.07, 6.45) is 4.50. The van der Waals surface area contributed by atoms with E-state index >= 15 is 0 Å². The zero-order valence-corrected chi connectivity index (χ0v) is 12.8. The number of sulfonamides is 1. The van der Waals surface area contributed by atoms with Gasteiger partial charge in [0.2, 0.25) is 10.0 Å². The molecule has 0 aliphatic heterocycles. The summed E-state index contributed by atoms with van der Waals surface area (Å²) in [5.41, 5.74) is 8.71. The normalized spacial score (nSPS) is 12.2. The molecule has 0 spiro atoms. The van der Waals surface area contributed by atoms with Crippen LogP contribution in [0.4, 0.5) is 5.69 Å². The molecule has 0 saturated carbocycles. The van der Waals surface area contributed by atoms with Crippen molar-refractivity contribution in [2.24, 2.45) is 0 Å². The molecule has 0 aliphatic carbocycles. The Kier molecular flexibility index (Phi) is 5.14. The number of allylic oxidation sites excluding steroid dienone is 1. The van der Waals surface area contributed by atoms with E-state index < -0.39 is 10.0 Å². The van der Waals surface area contributed by atoms with Crippen molar-refractivity contribution in [2.75, 3.05) is 12.3 Å². The summed E-state index contributed by atoms with van der Waals surface area (Å²) in [6, 6.07) is 1.81. The molecule has 0 heterocycles. The van der Waals surface area contributed by atoms with Crippen LogP contribution in [-0.2, 0) is 10.0 Å². The van der Waals surface area contributed by atoms with Crippen LogP contribution in [-0.4, -0.2) is 15.0 Å². The number of anilines is 1. The molecule has 0 aromatic heterocycles. The number of nitrogens with two attached hydrogens (primary N) is 1. The molecular weight excluding hydrogens is 260 g/mol. The van der Waals surface area contributed by atoms with E-state index in [-0.39, 0.29) is 0 Å². The Morgan fingerprint density at radius 3 is 2.47 bits per heavy atom. The SMILES string of the molecule is C/C=C/CCNS(=O)(=O)c1c(C)cc(C)c(N)c1C. The van der Waals surface area contributed by atoms with E-state index in [0.717, 1.165) is 11.1 Å². The molecule has 0 atom stereocenters. The van der Waals surface area contributed by atoms with Crippen molar-refractivity contribution in [3.05, 3.63) is 34.9 Å². The van der Waals surface area contributed by atoms with Crippen LogP contribution in [0.15, 0.2) is 23.1 Å². The smallest absolute Gasteiger partial charge is 0.241 e. The minimum atomic E-state index is -3.51. The highest BCUT2D eigenvalue weighted by Gasteiger charge is 2.21. The molecule has 106 valence electrons. The van der Waals surface area contributed by atoms with Crippen LogP contribution in [0.25, 0.3) is 0 Å². The van der Waals surface area contributed by atoms with Crippen molar-refractivity contribution < 1.29 is 8.42 Å². The number of rotatable bonds is 5. The number of nitrogens with one attached hydrogen (secondary N) is 1. The third kappa shape index (κ3) is 3.58. The van der Waals surface area contributed by atoms with Crippen LogP contribution < -0.4 is 10.5 Å². The van der Waals surface area contributed by atoms with Crippen molar-refractivity contribution in [1.29, 1.82) is 0 Å². The third-order valence-corrected chi connectivity index (χ3v) is 4.82. The van der Waals surface area contributed by atoms with Crippen LogP contribution in [0.1, 0.15) is 30.0 Å². The minimum Gasteiger partial charge on any atom is -0.398 e. The van der Waals surface area contributed by atoms with Crippen LogP contribution in [0, 0.1) is 20.8 Å². The van der Waals surface area contributed by atoms with E-state index in [4.69, 9.17) is 5.73 Å². The van der Waals surface area contributed by atoms with Crippen molar-refractivity contribution in [3.8, 4) is 0 Å². The molecule has 1 aromatic carbocycles. The fraction of sp³-hybridized carbons (Fsp3) is 0.429. The lowest BCUT2D eigenvalue weighted by Gasteiger charge is -2.15. The molecule has 0 aliphatic rings. The molecule has 4 nitrogen and oxygen atoms in total. The Balaban J connectivity index is 3.12. The van der Waals surface area contributed by atoms with E-state index in [0.29, 0.717) is 29.1 Å². The van der Waals surface area contributed by atoms with Crippen molar-refractivity contribution in [3.63, 3.8) is 0 Å². The molecule has 19 heavy (non-hydrogen) atoms. The predicted molar refractivity (Wildman–Crippen MR) is 79.7 cm³/mol. The van der Waals surface area contributed by atoms with Gasteiger partial charge in [0.05, 0.1) is 4.90 Å². The second kappa shape index (κ2) is 6.21. The van der Waals surface area contributed by atoms with Crippen molar-refractivity contribution in [1.82, 2.24) is 4.72 Å². The fourth-order valence-corrected chi connectivity index (χ4v) is 3.64. The average molecular weight is 282 g/mol.